The van der Waals surface area contributed by atoms with Crippen LogP contribution in [0.4, 0.5) is 17.1 Å². The van der Waals surface area contributed by atoms with E-state index in [-0.39, 0.29) is 11.9 Å². The number of fused-ring (bicyclic) bond motifs is 1. The van der Waals surface area contributed by atoms with E-state index in [9.17, 15) is 4.79 Å². The van der Waals surface area contributed by atoms with Crippen molar-refractivity contribution in [2.24, 2.45) is 0 Å². The maximum atomic E-state index is 13.4. The second-order valence-corrected chi connectivity index (χ2v) is 7.34. The number of para-hydroxylation sites is 2. The van der Waals surface area contributed by atoms with E-state index in [0.717, 1.165) is 29.0 Å². The Labute approximate surface area is 167 Å². The molecule has 1 heterocycles. The number of hydrogen-bond donors (Lipinski definition) is 0. The number of hydrogen-bond acceptors (Lipinski definition) is 2. The van der Waals surface area contributed by atoms with Crippen molar-refractivity contribution in [2.75, 3.05) is 16.8 Å². The van der Waals surface area contributed by atoms with Gasteiger partial charge in [-0.1, -0.05) is 67.9 Å². The van der Waals surface area contributed by atoms with Gasteiger partial charge in [-0.2, -0.15) is 0 Å². The molecule has 3 heteroatoms. The zero-order valence-corrected chi connectivity index (χ0v) is 16.5. The molecule has 142 valence electrons. The summed E-state index contributed by atoms with van der Waals surface area (Å²) < 4.78 is 0. The van der Waals surface area contributed by atoms with Crippen molar-refractivity contribution in [3.8, 4) is 0 Å². The zero-order valence-electron chi connectivity index (χ0n) is 16.5. The maximum absolute atomic E-state index is 13.4. The third-order valence-electron chi connectivity index (χ3n) is 5.47. The van der Waals surface area contributed by atoms with Gasteiger partial charge in [-0.15, -0.1) is 0 Å². The highest BCUT2D eigenvalue weighted by Crippen LogP contribution is 2.45. The van der Waals surface area contributed by atoms with Gasteiger partial charge >= 0.3 is 0 Å². The first-order valence-electron chi connectivity index (χ1n) is 10.0. The van der Waals surface area contributed by atoms with Gasteiger partial charge in [-0.3, -0.25) is 4.79 Å². The maximum Gasteiger partial charge on any atom is 0.254 e. The lowest BCUT2D eigenvalue weighted by molar-refractivity contribution is -0.119. The lowest BCUT2D eigenvalue weighted by atomic mass is 9.97. The fourth-order valence-corrected chi connectivity index (χ4v) is 3.92. The number of aryl methyl sites for hydroxylation is 1. The van der Waals surface area contributed by atoms with E-state index in [1.165, 1.54) is 18.4 Å². The lowest BCUT2D eigenvalue weighted by Crippen LogP contribution is -2.44. The molecule has 1 unspecified atom stereocenters. The van der Waals surface area contributed by atoms with E-state index in [2.05, 4.69) is 42.2 Å². The summed E-state index contributed by atoms with van der Waals surface area (Å²) in [6.45, 7) is 2.21. The molecule has 0 N–H and O–H groups in total. The molecule has 3 nitrogen and oxygen atoms in total. The quantitative estimate of drug-likeness (QED) is 0.559. The Morgan fingerprint density at radius 1 is 0.821 bits per heavy atom. The van der Waals surface area contributed by atoms with Gasteiger partial charge in [0.1, 0.15) is 6.04 Å². The monoisotopic (exact) mass is 370 g/mol. The van der Waals surface area contributed by atoms with Crippen LogP contribution in [0.2, 0.25) is 0 Å². The van der Waals surface area contributed by atoms with Crippen LogP contribution in [0, 0.1) is 0 Å². The number of unbranched alkanes of at least 4 members (excludes halogenated alkanes) is 1. The summed E-state index contributed by atoms with van der Waals surface area (Å²) in [5.74, 6) is 0.0833. The molecule has 3 aromatic rings. The SMILES string of the molecule is CCCCc1ccc(N2c3ccccc3N(C)C(=O)C2c2ccccc2)cc1. The number of rotatable bonds is 5. The number of anilines is 3. The van der Waals surface area contributed by atoms with Gasteiger partial charge < -0.3 is 9.80 Å². The van der Waals surface area contributed by atoms with Gasteiger partial charge in [0.25, 0.3) is 5.91 Å². The standard InChI is InChI=1S/C25H26N2O/c1-3-4-10-19-15-17-21(18-16-19)27-23-14-9-8-13-22(23)26(2)25(28)24(27)20-11-6-5-7-12-20/h5-9,11-18,24H,3-4,10H2,1-2H3. The molecule has 1 aliphatic rings. The number of carbonyl (C=O) groups excluding carboxylic acids is 1. The van der Waals surface area contributed by atoms with Gasteiger partial charge in [0.05, 0.1) is 11.4 Å². The van der Waals surface area contributed by atoms with Crippen molar-refractivity contribution in [2.45, 2.75) is 32.2 Å². The van der Waals surface area contributed by atoms with Gasteiger partial charge in [0, 0.05) is 12.7 Å². The van der Waals surface area contributed by atoms with E-state index in [0.29, 0.717) is 0 Å². The summed E-state index contributed by atoms with van der Waals surface area (Å²) in [6.07, 6.45) is 3.48. The van der Waals surface area contributed by atoms with Crippen LogP contribution in [-0.2, 0) is 11.2 Å². The van der Waals surface area contributed by atoms with Crippen molar-refractivity contribution in [3.05, 3.63) is 90.0 Å². The van der Waals surface area contributed by atoms with E-state index in [1.807, 2.05) is 55.6 Å². The van der Waals surface area contributed by atoms with Crippen LogP contribution in [0.1, 0.15) is 36.9 Å². The molecule has 1 aliphatic heterocycles. The van der Waals surface area contributed by atoms with Crippen molar-refractivity contribution < 1.29 is 4.79 Å². The Balaban J connectivity index is 1.82. The third kappa shape index (κ3) is 3.29. The van der Waals surface area contributed by atoms with Crippen molar-refractivity contribution >= 4 is 23.0 Å². The number of likely N-dealkylation sites (N-methyl/N-ethyl adjacent to an activating group) is 1. The average Bonchev–Trinajstić information content (AvgIpc) is 2.75. The first-order valence-corrected chi connectivity index (χ1v) is 10.0. The normalized spacial score (nSPS) is 16.2. The molecule has 1 atom stereocenters. The Bertz CT molecular complexity index is 950. The molecule has 4 rings (SSSR count). The Hall–Kier alpha value is -3.07. The van der Waals surface area contributed by atoms with E-state index in [1.54, 1.807) is 4.90 Å². The Morgan fingerprint density at radius 3 is 2.14 bits per heavy atom. The largest absolute Gasteiger partial charge is 0.323 e. The average molecular weight is 370 g/mol. The Morgan fingerprint density at radius 2 is 1.46 bits per heavy atom. The highest BCUT2D eigenvalue weighted by molar-refractivity contribution is 6.07. The molecule has 28 heavy (non-hydrogen) atoms. The molecule has 0 radical (unpaired) electrons. The summed E-state index contributed by atoms with van der Waals surface area (Å²) in [6, 6.07) is 26.5. The van der Waals surface area contributed by atoms with Crippen molar-refractivity contribution in [1.29, 1.82) is 0 Å². The van der Waals surface area contributed by atoms with E-state index < -0.39 is 0 Å². The van der Waals surface area contributed by atoms with Crippen LogP contribution in [0.15, 0.2) is 78.9 Å². The number of nitrogens with zero attached hydrogens (tertiary/aromatic N) is 2. The van der Waals surface area contributed by atoms with Crippen LogP contribution in [-0.4, -0.2) is 13.0 Å². The third-order valence-corrected chi connectivity index (χ3v) is 5.47. The van der Waals surface area contributed by atoms with Gasteiger partial charge in [-0.05, 0) is 48.2 Å². The number of amides is 1. The summed E-state index contributed by atoms with van der Waals surface area (Å²) in [4.78, 5) is 17.3. The minimum absolute atomic E-state index is 0.0833. The predicted molar refractivity (Wildman–Crippen MR) is 116 cm³/mol. The molecule has 0 bridgehead atoms. The molecule has 0 saturated carbocycles. The van der Waals surface area contributed by atoms with Crippen molar-refractivity contribution in [3.63, 3.8) is 0 Å². The zero-order chi connectivity index (χ0) is 19.5. The smallest absolute Gasteiger partial charge is 0.254 e. The van der Waals surface area contributed by atoms with Crippen LogP contribution in [0.5, 0.6) is 0 Å². The second-order valence-electron chi connectivity index (χ2n) is 7.34. The highest BCUT2D eigenvalue weighted by Gasteiger charge is 2.38. The number of carbonyl (C=O) groups is 1. The lowest BCUT2D eigenvalue weighted by Gasteiger charge is -2.42. The summed E-state index contributed by atoms with van der Waals surface area (Å²) in [5.41, 5.74) is 5.39. The molecule has 0 saturated heterocycles. The molecule has 0 aliphatic carbocycles. The molecule has 0 fully saturated rings. The summed E-state index contributed by atoms with van der Waals surface area (Å²) >= 11 is 0. The fourth-order valence-electron chi connectivity index (χ4n) is 3.92. The second kappa shape index (κ2) is 7.89. The minimum atomic E-state index is -0.373. The first kappa shape index (κ1) is 18.3. The van der Waals surface area contributed by atoms with Crippen LogP contribution in [0.25, 0.3) is 0 Å². The molecule has 0 aromatic heterocycles. The van der Waals surface area contributed by atoms with Gasteiger partial charge in [0.2, 0.25) is 0 Å². The molecular formula is C25H26N2O. The minimum Gasteiger partial charge on any atom is -0.323 e. The summed E-state index contributed by atoms with van der Waals surface area (Å²) in [7, 11) is 1.86. The van der Waals surface area contributed by atoms with Gasteiger partial charge in [0.15, 0.2) is 0 Å². The van der Waals surface area contributed by atoms with E-state index in [4.69, 9.17) is 0 Å². The molecular weight excluding hydrogens is 344 g/mol. The topological polar surface area (TPSA) is 23.6 Å². The van der Waals surface area contributed by atoms with E-state index >= 15 is 0 Å². The highest BCUT2D eigenvalue weighted by atomic mass is 16.2. The fraction of sp³-hybridized carbons (Fsp3) is 0.240. The number of benzene rings is 3. The summed E-state index contributed by atoms with van der Waals surface area (Å²) in [5, 5.41) is 0. The van der Waals surface area contributed by atoms with Crippen LogP contribution >= 0.6 is 0 Å². The Kier molecular flexibility index (Phi) is 5.16. The predicted octanol–water partition coefficient (Wildman–Crippen LogP) is 5.89. The molecule has 1 amide bonds. The van der Waals surface area contributed by atoms with Crippen molar-refractivity contribution in [1.82, 2.24) is 0 Å². The first-order chi connectivity index (χ1) is 13.7. The van der Waals surface area contributed by atoms with Crippen LogP contribution < -0.4 is 9.80 Å². The van der Waals surface area contributed by atoms with Gasteiger partial charge in [-0.25, -0.2) is 0 Å². The molecule has 3 aromatic carbocycles. The molecule has 0 spiro atoms. The van der Waals surface area contributed by atoms with Crippen LogP contribution in [0.3, 0.4) is 0 Å².